The molecule has 1 N–H and O–H groups in total. The van der Waals surface area contributed by atoms with Gasteiger partial charge in [-0.3, -0.25) is 14.3 Å². The van der Waals surface area contributed by atoms with Gasteiger partial charge in [0.05, 0.1) is 12.1 Å². The van der Waals surface area contributed by atoms with Crippen LogP contribution in [-0.2, 0) is 19.5 Å². The Bertz CT molecular complexity index is 1340. The van der Waals surface area contributed by atoms with Crippen molar-refractivity contribution in [3.63, 3.8) is 0 Å². The van der Waals surface area contributed by atoms with Gasteiger partial charge in [0.15, 0.2) is 0 Å². The number of halogens is 1. The average molecular weight is 432 g/mol. The van der Waals surface area contributed by atoms with Crippen molar-refractivity contribution < 1.29 is 9.18 Å². The average Bonchev–Trinajstić information content (AvgIpc) is 2.97. The van der Waals surface area contributed by atoms with Crippen molar-refractivity contribution in [2.45, 2.75) is 38.4 Å². The Kier molecular flexibility index (Phi) is 5.22. The Balaban J connectivity index is 1.26. The Hall–Kier alpha value is -3.88. The van der Waals surface area contributed by atoms with Crippen LogP contribution < -0.4 is 11.0 Å². The summed E-state index contributed by atoms with van der Waals surface area (Å²) in [6.07, 6.45) is 5.23. The van der Waals surface area contributed by atoms with E-state index in [1.807, 2.05) is 6.07 Å². The maximum atomic E-state index is 13.1. The second-order valence-corrected chi connectivity index (χ2v) is 7.90. The number of carbonyl (C=O) groups is 1. The lowest BCUT2D eigenvalue weighted by molar-refractivity contribution is 0.0928. The van der Waals surface area contributed by atoms with Gasteiger partial charge in [-0.1, -0.05) is 12.1 Å². The number of benzene rings is 1. The van der Waals surface area contributed by atoms with E-state index in [4.69, 9.17) is 0 Å². The van der Waals surface area contributed by atoms with E-state index in [1.54, 1.807) is 41.2 Å². The minimum atomic E-state index is -0.314. The molecule has 1 aromatic carbocycles. The summed E-state index contributed by atoms with van der Waals surface area (Å²) in [4.78, 5) is 34.0. The maximum absolute atomic E-state index is 13.1. The largest absolute Gasteiger partial charge is 0.348 e. The molecule has 9 heteroatoms. The van der Waals surface area contributed by atoms with Crippen LogP contribution in [0.25, 0.3) is 10.9 Å². The lowest BCUT2D eigenvalue weighted by Gasteiger charge is -2.16. The van der Waals surface area contributed by atoms with Crippen LogP contribution in [0.2, 0.25) is 0 Å². The molecule has 0 aliphatic carbocycles. The molecule has 0 bridgehead atoms. The van der Waals surface area contributed by atoms with Crippen LogP contribution in [0.4, 0.5) is 4.39 Å². The number of carbonyl (C=O) groups excluding carboxylic acids is 1. The summed E-state index contributed by atoms with van der Waals surface area (Å²) < 4.78 is 16.2. The Morgan fingerprint density at radius 1 is 1.12 bits per heavy atom. The number of nitrogens with one attached hydrogen (secondary N) is 1. The van der Waals surface area contributed by atoms with Crippen molar-refractivity contribution in [1.82, 2.24) is 29.6 Å². The molecule has 5 rings (SSSR count). The molecule has 0 spiro atoms. The highest BCUT2D eigenvalue weighted by Crippen LogP contribution is 2.15. The Labute approximate surface area is 182 Å². The van der Waals surface area contributed by atoms with Gasteiger partial charge in [0.25, 0.3) is 5.91 Å². The molecule has 3 aromatic heterocycles. The van der Waals surface area contributed by atoms with Crippen LogP contribution in [0.3, 0.4) is 0 Å². The number of aryl methyl sites for hydroxylation is 1. The van der Waals surface area contributed by atoms with E-state index in [2.05, 4.69) is 20.4 Å². The predicted octanol–water partition coefficient (Wildman–Crippen LogP) is 2.31. The molecule has 0 radical (unpaired) electrons. The Morgan fingerprint density at radius 2 is 1.97 bits per heavy atom. The molecule has 0 saturated heterocycles. The molecule has 1 amide bonds. The summed E-state index contributed by atoms with van der Waals surface area (Å²) in [7, 11) is 0. The van der Waals surface area contributed by atoms with E-state index < -0.39 is 0 Å². The molecule has 1 aliphatic heterocycles. The highest BCUT2D eigenvalue weighted by molar-refractivity contribution is 5.94. The van der Waals surface area contributed by atoms with E-state index in [-0.39, 0.29) is 23.5 Å². The van der Waals surface area contributed by atoms with Gasteiger partial charge >= 0.3 is 5.69 Å². The quantitative estimate of drug-likeness (QED) is 0.534. The maximum Gasteiger partial charge on any atom is 0.346 e. The zero-order valence-corrected chi connectivity index (χ0v) is 17.2. The number of hydrogen-bond donors (Lipinski definition) is 1. The fourth-order valence-corrected chi connectivity index (χ4v) is 3.99. The topological polar surface area (TPSA) is 94.7 Å². The van der Waals surface area contributed by atoms with Crippen molar-refractivity contribution >= 4 is 16.8 Å². The number of pyridine rings is 2. The monoisotopic (exact) mass is 432 g/mol. The molecule has 1 unspecified atom stereocenters. The number of rotatable bonds is 4. The van der Waals surface area contributed by atoms with Gasteiger partial charge in [0.2, 0.25) is 0 Å². The summed E-state index contributed by atoms with van der Waals surface area (Å²) in [5.41, 5.74) is 1.69. The van der Waals surface area contributed by atoms with E-state index >= 15 is 0 Å². The van der Waals surface area contributed by atoms with Gasteiger partial charge in [-0.05, 0) is 48.7 Å². The first-order chi connectivity index (χ1) is 15.6. The lowest BCUT2D eigenvalue weighted by atomic mass is 10.1. The summed E-state index contributed by atoms with van der Waals surface area (Å²) in [6, 6.07) is 11.2. The van der Waals surface area contributed by atoms with Gasteiger partial charge in [0, 0.05) is 36.8 Å². The normalized spacial score (nSPS) is 15.8. The first kappa shape index (κ1) is 20.0. The lowest BCUT2D eigenvalue weighted by Crippen LogP contribution is -2.36. The van der Waals surface area contributed by atoms with Crippen molar-refractivity contribution in [2.24, 2.45) is 0 Å². The molecular weight excluding hydrogens is 411 g/mol. The van der Waals surface area contributed by atoms with Gasteiger partial charge in [0.1, 0.15) is 17.3 Å². The zero-order valence-electron chi connectivity index (χ0n) is 17.2. The fourth-order valence-electron chi connectivity index (χ4n) is 3.99. The number of fused-ring (bicyclic) bond motifs is 2. The zero-order chi connectivity index (χ0) is 22.1. The first-order valence-corrected chi connectivity index (χ1v) is 10.5. The van der Waals surface area contributed by atoms with Crippen molar-refractivity contribution in [1.29, 1.82) is 0 Å². The summed E-state index contributed by atoms with van der Waals surface area (Å²) in [5.74, 6) is 0.151. The van der Waals surface area contributed by atoms with E-state index in [0.717, 1.165) is 16.5 Å². The molecule has 32 heavy (non-hydrogen) atoms. The SMILES string of the molecule is O=C(NC1CCc2nn(Cc3ccc(F)cc3)c(=O)n2CC1)c1ccc2cnccc2n1. The molecule has 1 atom stereocenters. The van der Waals surface area contributed by atoms with Crippen molar-refractivity contribution in [3.8, 4) is 0 Å². The third kappa shape index (κ3) is 4.01. The minimum Gasteiger partial charge on any atom is -0.348 e. The van der Waals surface area contributed by atoms with Crippen LogP contribution in [0, 0.1) is 5.82 Å². The molecular formula is C23H21FN6O2. The molecule has 0 saturated carbocycles. The number of aromatic nitrogens is 5. The predicted molar refractivity (Wildman–Crippen MR) is 116 cm³/mol. The molecule has 4 aromatic rings. The highest BCUT2D eigenvalue weighted by Gasteiger charge is 2.23. The van der Waals surface area contributed by atoms with Crippen molar-refractivity contribution in [2.75, 3.05) is 0 Å². The smallest absolute Gasteiger partial charge is 0.346 e. The highest BCUT2D eigenvalue weighted by atomic mass is 19.1. The minimum absolute atomic E-state index is 0.0796. The van der Waals surface area contributed by atoms with Crippen LogP contribution >= 0.6 is 0 Å². The van der Waals surface area contributed by atoms with Gasteiger partial charge in [-0.15, -0.1) is 0 Å². The second kappa shape index (κ2) is 8.33. The van der Waals surface area contributed by atoms with E-state index in [9.17, 15) is 14.0 Å². The molecule has 162 valence electrons. The first-order valence-electron chi connectivity index (χ1n) is 10.5. The Morgan fingerprint density at radius 3 is 2.81 bits per heavy atom. The number of amides is 1. The van der Waals surface area contributed by atoms with E-state index in [0.29, 0.717) is 43.9 Å². The molecule has 1 aliphatic rings. The number of hydrogen-bond acceptors (Lipinski definition) is 5. The van der Waals surface area contributed by atoms with Crippen molar-refractivity contribution in [3.05, 3.63) is 88.2 Å². The van der Waals surface area contributed by atoms with Gasteiger partial charge in [-0.25, -0.2) is 18.9 Å². The molecule has 8 nitrogen and oxygen atoms in total. The van der Waals surface area contributed by atoms with Crippen LogP contribution in [-0.4, -0.2) is 36.3 Å². The molecule has 4 heterocycles. The van der Waals surface area contributed by atoms with Crippen LogP contribution in [0.1, 0.15) is 34.7 Å². The number of nitrogens with zero attached hydrogens (tertiary/aromatic N) is 5. The van der Waals surface area contributed by atoms with Gasteiger partial charge < -0.3 is 5.32 Å². The van der Waals surface area contributed by atoms with Gasteiger partial charge in [-0.2, -0.15) is 5.10 Å². The second-order valence-electron chi connectivity index (χ2n) is 7.90. The summed E-state index contributed by atoms with van der Waals surface area (Å²) >= 11 is 0. The summed E-state index contributed by atoms with van der Waals surface area (Å²) in [6.45, 7) is 0.766. The third-order valence-electron chi connectivity index (χ3n) is 5.72. The van der Waals surface area contributed by atoms with Crippen LogP contribution in [0.5, 0.6) is 0 Å². The van der Waals surface area contributed by atoms with E-state index in [1.165, 1.54) is 16.8 Å². The molecule has 0 fully saturated rings. The summed E-state index contributed by atoms with van der Waals surface area (Å²) in [5, 5.41) is 8.39. The standard InChI is InChI=1S/C23H21FN6O2/c24-17-4-1-15(2-5-17)14-30-23(32)29-12-10-18(6-8-21(29)28-30)26-22(31)20-7-3-16-13-25-11-9-19(16)27-20/h1-5,7,9,11,13,18H,6,8,10,12,14H2,(H,26,31). The van der Waals surface area contributed by atoms with Crippen LogP contribution in [0.15, 0.2) is 59.7 Å². The third-order valence-corrected chi connectivity index (χ3v) is 5.72. The fraction of sp³-hybridized carbons (Fsp3) is 0.261.